The van der Waals surface area contributed by atoms with E-state index in [0.29, 0.717) is 12.4 Å². The van der Waals surface area contributed by atoms with E-state index in [-0.39, 0.29) is 17.1 Å². The molecule has 0 unspecified atom stereocenters. The molecular weight excluding hydrogens is 428 g/mol. The normalized spacial score (nSPS) is 11.0. The van der Waals surface area contributed by atoms with Gasteiger partial charge in [0.2, 0.25) is 0 Å². The number of rotatable bonds is 14. The highest BCUT2D eigenvalue weighted by molar-refractivity contribution is 6.08. The van der Waals surface area contributed by atoms with E-state index in [2.05, 4.69) is 19.1 Å². The van der Waals surface area contributed by atoms with Gasteiger partial charge >= 0.3 is 5.97 Å². The van der Waals surface area contributed by atoms with Crippen LogP contribution in [0.2, 0.25) is 0 Å². The van der Waals surface area contributed by atoms with Crippen LogP contribution in [-0.4, -0.2) is 30.1 Å². The molecule has 0 saturated heterocycles. The Morgan fingerprint density at radius 1 is 0.941 bits per heavy atom. The molecule has 0 atom stereocenters. The maximum Gasteiger partial charge on any atom is 0.341 e. The summed E-state index contributed by atoms with van der Waals surface area (Å²) in [5, 5.41) is 8.97. The summed E-state index contributed by atoms with van der Waals surface area (Å²) in [4.78, 5) is 23.8. The highest BCUT2D eigenvalue weighted by Crippen LogP contribution is 2.26. The first kappa shape index (κ1) is 26.7. The van der Waals surface area contributed by atoms with Crippen molar-refractivity contribution < 1.29 is 24.2 Å². The molecule has 5 heteroatoms. The Hall–Kier alpha value is -3.60. The molecule has 2 aromatic rings. The smallest absolute Gasteiger partial charge is 0.341 e. The summed E-state index contributed by atoms with van der Waals surface area (Å²) in [7, 11) is 0. The molecule has 5 nitrogen and oxygen atoms in total. The van der Waals surface area contributed by atoms with Crippen LogP contribution in [0.1, 0.15) is 67.9 Å². The molecule has 0 aromatic heterocycles. The van der Waals surface area contributed by atoms with E-state index in [9.17, 15) is 9.59 Å². The first-order chi connectivity index (χ1) is 16.4. The fourth-order valence-electron chi connectivity index (χ4n) is 3.07. The second-order valence-corrected chi connectivity index (χ2v) is 8.20. The fourth-order valence-corrected chi connectivity index (χ4v) is 3.07. The van der Waals surface area contributed by atoms with Crippen LogP contribution in [0, 0.1) is 0 Å². The maximum atomic E-state index is 12.8. The Bertz CT molecular complexity index is 1020. The number of carbonyl (C=O) groups excluding carboxylic acids is 1. The predicted molar refractivity (Wildman–Crippen MR) is 137 cm³/mol. The van der Waals surface area contributed by atoms with Gasteiger partial charge in [-0.1, -0.05) is 67.8 Å². The van der Waals surface area contributed by atoms with E-state index in [1.807, 2.05) is 44.2 Å². The summed E-state index contributed by atoms with van der Waals surface area (Å²) < 4.78 is 11.0. The van der Waals surface area contributed by atoms with Crippen molar-refractivity contribution in [2.45, 2.75) is 46.5 Å². The zero-order valence-electron chi connectivity index (χ0n) is 20.3. The molecule has 0 bridgehead atoms. The quantitative estimate of drug-likeness (QED) is 0.142. The highest BCUT2D eigenvalue weighted by atomic mass is 16.5. The average molecular weight is 463 g/mol. The monoisotopic (exact) mass is 462 g/mol. The second-order valence-electron chi connectivity index (χ2n) is 8.20. The summed E-state index contributed by atoms with van der Waals surface area (Å²) in [6.07, 6.45) is 14.2. The topological polar surface area (TPSA) is 72.8 Å². The standard InChI is InChI=1S/C29H34O5/c1-4-5-6-7-8-9-23-10-12-24(13-11-23)14-17-27(30)26-16-15-25(33-19-18-22(2)3)20-28(26)34-21-29(31)32/h8-18,20H,4-7,19,21H2,1-3H3,(H,31,32)/b9-8+,17-14?. The molecule has 0 spiro atoms. The van der Waals surface area contributed by atoms with E-state index in [0.717, 1.165) is 23.1 Å². The minimum absolute atomic E-state index is 0.176. The van der Waals surface area contributed by atoms with E-state index in [4.69, 9.17) is 14.6 Å². The zero-order valence-corrected chi connectivity index (χ0v) is 20.3. The number of carboxylic acid groups (broad SMARTS) is 1. The van der Waals surface area contributed by atoms with Gasteiger partial charge in [-0.2, -0.15) is 0 Å². The molecule has 0 fully saturated rings. The van der Waals surface area contributed by atoms with Gasteiger partial charge in [-0.3, -0.25) is 4.79 Å². The third-order valence-electron chi connectivity index (χ3n) is 4.96. The van der Waals surface area contributed by atoms with Crippen molar-refractivity contribution in [3.8, 4) is 11.5 Å². The van der Waals surface area contributed by atoms with Gasteiger partial charge in [-0.15, -0.1) is 0 Å². The first-order valence-corrected chi connectivity index (χ1v) is 11.6. The molecule has 0 radical (unpaired) electrons. The van der Waals surface area contributed by atoms with Crippen LogP contribution >= 0.6 is 0 Å². The molecule has 0 aliphatic carbocycles. The van der Waals surface area contributed by atoms with Crippen molar-refractivity contribution >= 4 is 23.9 Å². The van der Waals surface area contributed by atoms with Crippen molar-refractivity contribution in [3.05, 3.63) is 83.0 Å². The number of aliphatic carboxylic acids is 1. The molecular formula is C29H34O5. The molecule has 0 saturated carbocycles. The number of ketones is 1. The van der Waals surface area contributed by atoms with Crippen LogP contribution in [0.5, 0.6) is 11.5 Å². The molecule has 0 aliphatic heterocycles. The van der Waals surface area contributed by atoms with Gasteiger partial charge in [0, 0.05) is 6.07 Å². The Labute approximate surface area is 202 Å². The minimum Gasteiger partial charge on any atom is -0.489 e. The van der Waals surface area contributed by atoms with Gasteiger partial charge in [-0.05, 0) is 62.1 Å². The van der Waals surface area contributed by atoms with Crippen LogP contribution in [0.4, 0.5) is 0 Å². The van der Waals surface area contributed by atoms with Crippen molar-refractivity contribution in [1.82, 2.24) is 0 Å². The van der Waals surface area contributed by atoms with E-state index < -0.39 is 12.6 Å². The van der Waals surface area contributed by atoms with Crippen LogP contribution in [0.25, 0.3) is 12.2 Å². The third kappa shape index (κ3) is 9.90. The molecule has 0 heterocycles. The summed E-state index contributed by atoms with van der Waals surface area (Å²) in [5.74, 6) is -0.729. The van der Waals surface area contributed by atoms with Crippen molar-refractivity contribution in [3.63, 3.8) is 0 Å². The Morgan fingerprint density at radius 2 is 1.65 bits per heavy atom. The number of benzene rings is 2. The van der Waals surface area contributed by atoms with E-state index in [1.165, 1.54) is 25.3 Å². The first-order valence-electron chi connectivity index (χ1n) is 11.6. The molecule has 34 heavy (non-hydrogen) atoms. The number of ether oxygens (including phenoxy) is 2. The van der Waals surface area contributed by atoms with Gasteiger partial charge in [0.25, 0.3) is 0 Å². The summed E-state index contributed by atoms with van der Waals surface area (Å²) >= 11 is 0. The number of carboxylic acids is 1. The van der Waals surface area contributed by atoms with Gasteiger partial charge in [0.05, 0.1) is 5.56 Å². The lowest BCUT2D eigenvalue weighted by molar-refractivity contribution is -0.139. The van der Waals surface area contributed by atoms with E-state index >= 15 is 0 Å². The van der Waals surface area contributed by atoms with E-state index in [1.54, 1.807) is 24.3 Å². The Balaban J connectivity index is 2.09. The van der Waals surface area contributed by atoms with Crippen molar-refractivity contribution in [2.75, 3.05) is 13.2 Å². The number of hydrogen-bond donors (Lipinski definition) is 1. The number of carbonyl (C=O) groups is 2. The molecule has 180 valence electrons. The predicted octanol–water partition coefficient (Wildman–Crippen LogP) is 6.98. The molecule has 0 aliphatic rings. The van der Waals surface area contributed by atoms with Gasteiger partial charge in [-0.25, -0.2) is 4.79 Å². The SMILES string of the molecule is CCCCC/C=C/c1ccc(C=CC(=O)c2ccc(OCC=C(C)C)cc2OCC(=O)O)cc1. The van der Waals surface area contributed by atoms with Crippen molar-refractivity contribution in [2.24, 2.45) is 0 Å². The third-order valence-corrected chi connectivity index (χ3v) is 4.96. The highest BCUT2D eigenvalue weighted by Gasteiger charge is 2.13. The van der Waals surface area contributed by atoms with Crippen LogP contribution in [0.3, 0.4) is 0 Å². The molecule has 0 amide bonds. The molecule has 2 rings (SSSR count). The fraction of sp³-hybridized carbons (Fsp3) is 0.310. The maximum absolute atomic E-state index is 12.8. The van der Waals surface area contributed by atoms with Crippen molar-refractivity contribution in [1.29, 1.82) is 0 Å². The molecule has 1 N–H and O–H groups in total. The Kier molecular flexibility index (Phi) is 11.4. The van der Waals surface area contributed by atoms with Crippen LogP contribution in [0.15, 0.2) is 66.3 Å². The number of hydrogen-bond acceptors (Lipinski definition) is 4. The van der Waals surface area contributed by atoms with Gasteiger partial charge in [0.1, 0.15) is 18.1 Å². The average Bonchev–Trinajstić information content (AvgIpc) is 2.81. The zero-order chi connectivity index (χ0) is 24.8. The van der Waals surface area contributed by atoms with Crippen LogP contribution in [-0.2, 0) is 4.79 Å². The van der Waals surface area contributed by atoms with Gasteiger partial charge < -0.3 is 14.6 Å². The lowest BCUT2D eigenvalue weighted by Crippen LogP contribution is -2.12. The second kappa shape index (κ2) is 14.5. The van der Waals surface area contributed by atoms with Gasteiger partial charge in [0.15, 0.2) is 12.4 Å². The lowest BCUT2D eigenvalue weighted by atomic mass is 10.1. The number of unbranched alkanes of at least 4 members (excludes halogenated alkanes) is 3. The minimum atomic E-state index is -1.12. The van der Waals surface area contributed by atoms with Crippen LogP contribution < -0.4 is 9.47 Å². The number of allylic oxidation sites excluding steroid dienone is 3. The summed E-state index contributed by atoms with van der Waals surface area (Å²) in [6.45, 7) is 5.96. The lowest BCUT2D eigenvalue weighted by Gasteiger charge is -2.11. The molecule has 2 aromatic carbocycles. The summed E-state index contributed by atoms with van der Waals surface area (Å²) in [6, 6.07) is 12.8. The Morgan fingerprint density at radius 3 is 2.29 bits per heavy atom. The largest absolute Gasteiger partial charge is 0.489 e. The summed E-state index contributed by atoms with van der Waals surface area (Å²) in [5.41, 5.74) is 3.41.